The summed E-state index contributed by atoms with van der Waals surface area (Å²) in [4.78, 5) is 0. The number of halogens is 1. The largest absolute Gasteiger partial charge is 0.228 e. The van der Waals surface area contributed by atoms with Gasteiger partial charge in [-0.25, -0.2) is 0 Å². The Kier molecular flexibility index (Phi) is 5.55. The number of hydrogen-bond acceptors (Lipinski definition) is 0. The molecule has 0 aliphatic heterocycles. The maximum Gasteiger partial charge on any atom is 0.228 e. The van der Waals surface area contributed by atoms with Crippen molar-refractivity contribution in [1.82, 2.24) is 0 Å². The maximum absolute atomic E-state index is 3.81. The van der Waals surface area contributed by atoms with E-state index in [9.17, 15) is 0 Å². The molecule has 0 nitrogen and oxygen atoms in total. The van der Waals surface area contributed by atoms with Crippen molar-refractivity contribution in [2.24, 2.45) is 11.8 Å². The van der Waals surface area contributed by atoms with Gasteiger partial charge in [0, 0.05) is 0 Å². The van der Waals surface area contributed by atoms with Gasteiger partial charge < -0.3 is 0 Å². The third kappa shape index (κ3) is 3.51. The van der Waals surface area contributed by atoms with Crippen LogP contribution in [0.2, 0.25) is 11.6 Å². The maximum atomic E-state index is 3.81. The predicted molar refractivity (Wildman–Crippen MR) is 63.2 cm³/mol. The highest BCUT2D eigenvalue weighted by molar-refractivity contribution is 9.24. The van der Waals surface area contributed by atoms with E-state index in [1.165, 1.54) is 0 Å². The van der Waals surface area contributed by atoms with Crippen molar-refractivity contribution in [1.29, 1.82) is 0 Å². The Morgan fingerprint density at radius 1 is 0.750 bits per heavy atom. The van der Waals surface area contributed by atoms with Gasteiger partial charge in [-0.2, -0.15) is 15.8 Å². The summed E-state index contributed by atoms with van der Waals surface area (Å²) in [6, 6.07) is 0. The van der Waals surface area contributed by atoms with Gasteiger partial charge in [0.15, 0.2) is 0 Å². The van der Waals surface area contributed by atoms with E-state index in [4.69, 9.17) is 0 Å². The molecule has 0 aliphatic carbocycles. The van der Waals surface area contributed by atoms with Gasteiger partial charge in [-0.3, -0.25) is 0 Å². The molecule has 0 saturated heterocycles. The summed E-state index contributed by atoms with van der Waals surface area (Å²) >= 11 is 3.81. The van der Waals surface area contributed by atoms with Crippen molar-refractivity contribution >= 4 is 21.3 Å². The fraction of sp³-hybridized carbons (Fsp3) is 1.00. The van der Waals surface area contributed by atoms with Crippen LogP contribution in [0.4, 0.5) is 0 Å². The van der Waals surface area contributed by atoms with Crippen molar-refractivity contribution in [3.63, 3.8) is 0 Å². The predicted octanol–water partition coefficient (Wildman–Crippen LogP) is 4.47. The highest BCUT2D eigenvalue weighted by Crippen LogP contribution is 2.35. The SMILES string of the molecule is CC(C)C(C)B(Br)C(C)C(C)C. The molecule has 0 saturated carbocycles. The molecule has 0 rings (SSSR count). The monoisotopic (exact) mass is 232 g/mol. The molecule has 0 aromatic heterocycles. The average Bonchev–Trinajstić information content (AvgIpc) is 2.00. The summed E-state index contributed by atoms with van der Waals surface area (Å²) in [6.45, 7) is 13.9. The normalized spacial score (nSPS) is 16.8. The minimum Gasteiger partial charge on any atom is -0.156 e. The molecule has 0 fully saturated rings. The molecule has 2 heteroatoms. The van der Waals surface area contributed by atoms with E-state index in [1.54, 1.807) is 0 Å². The summed E-state index contributed by atoms with van der Waals surface area (Å²) in [7, 11) is 0. The molecule has 72 valence electrons. The van der Waals surface area contributed by atoms with Gasteiger partial charge in [0.2, 0.25) is 5.54 Å². The van der Waals surface area contributed by atoms with E-state index < -0.39 is 0 Å². The highest BCUT2D eigenvalue weighted by Gasteiger charge is 2.28. The Hall–Kier alpha value is 0.545. The van der Waals surface area contributed by atoms with Crippen LogP contribution in [-0.4, -0.2) is 5.54 Å². The minimum absolute atomic E-state index is 0.664. The third-order valence-electron chi connectivity index (χ3n) is 3.11. The van der Waals surface area contributed by atoms with Crippen LogP contribution in [0.5, 0.6) is 0 Å². The van der Waals surface area contributed by atoms with Gasteiger partial charge in [-0.1, -0.05) is 65.0 Å². The Bertz CT molecular complexity index is 109. The molecule has 0 aromatic carbocycles. The Morgan fingerprint density at radius 2 is 1.00 bits per heavy atom. The van der Waals surface area contributed by atoms with Crippen molar-refractivity contribution in [3.8, 4) is 0 Å². The number of rotatable bonds is 4. The third-order valence-corrected chi connectivity index (χ3v) is 4.78. The van der Waals surface area contributed by atoms with Gasteiger partial charge in [0.05, 0.1) is 0 Å². The second kappa shape index (κ2) is 5.31. The topological polar surface area (TPSA) is 0 Å². The molecule has 2 unspecified atom stereocenters. The molecule has 0 N–H and O–H groups in total. The molecular formula is C10H22BBr. The zero-order valence-corrected chi connectivity index (χ0v) is 10.9. The highest BCUT2D eigenvalue weighted by atomic mass is 79.9. The van der Waals surface area contributed by atoms with E-state index in [0.717, 1.165) is 23.5 Å². The standard InChI is InChI=1S/C10H22BBr/c1-7(2)9(5)11(12)10(6)8(3)4/h7-10H,1-6H3. The average molecular weight is 233 g/mol. The minimum atomic E-state index is 0.664. The van der Waals surface area contributed by atoms with Crippen LogP contribution in [0.25, 0.3) is 0 Å². The summed E-state index contributed by atoms with van der Waals surface area (Å²) in [5.41, 5.74) is 0.664. The molecule has 12 heavy (non-hydrogen) atoms. The van der Waals surface area contributed by atoms with E-state index in [2.05, 4.69) is 57.3 Å². The van der Waals surface area contributed by atoms with Crippen LogP contribution < -0.4 is 0 Å². The van der Waals surface area contributed by atoms with Gasteiger partial charge >= 0.3 is 0 Å². The van der Waals surface area contributed by atoms with Crippen LogP contribution >= 0.6 is 15.8 Å². The van der Waals surface area contributed by atoms with Gasteiger partial charge in [-0.05, 0) is 0 Å². The lowest BCUT2D eigenvalue weighted by molar-refractivity contribution is 0.572. The Morgan fingerprint density at radius 3 is 1.17 bits per heavy atom. The Balaban J connectivity index is 4.08. The Labute approximate surface area is 86.6 Å². The lowest BCUT2D eigenvalue weighted by Gasteiger charge is -2.26. The van der Waals surface area contributed by atoms with Crippen LogP contribution in [0.3, 0.4) is 0 Å². The van der Waals surface area contributed by atoms with E-state index >= 15 is 0 Å². The second-order valence-corrected chi connectivity index (χ2v) is 5.71. The van der Waals surface area contributed by atoms with E-state index in [-0.39, 0.29) is 0 Å². The fourth-order valence-electron chi connectivity index (χ4n) is 1.21. The lowest BCUT2D eigenvalue weighted by Crippen LogP contribution is -2.23. The van der Waals surface area contributed by atoms with Crippen molar-refractivity contribution < 1.29 is 0 Å². The molecule has 0 bridgehead atoms. The van der Waals surface area contributed by atoms with Crippen LogP contribution in [0.15, 0.2) is 0 Å². The first-order valence-corrected chi connectivity index (χ1v) is 5.93. The van der Waals surface area contributed by atoms with E-state index in [1.807, 2.05) is 0 Å². The molecule has 0 heterocycles. The van der Waals surface area contributed by atoms with Crippen molar-refractivity contribution in [2.75, 3.05) is 0 Å². The molecule has 0 radical (unpaired) electrons. The van der Waals surface area contributed by atoms with Gasteiger partial charge in [0.1, 0.15) is 0 Å². The lowest BCUT2D eigenvalue weighted by atomic mass is 9.50. The zero-order valence-electron chi connectivity index (χ0n) is 9.26. The first-order chi connectivity index (χ1) is 5.37. The molecular weight excluding hydrogens is 211 g/mol. The van der Waals surface area contributed by atoms with Crippen molar-refractivity contribution in [3.05, 3.63) is 0 Å². The first-order valence-electron chi connectivity index (χ1n) is 5.02. The van der Waals surface area contributed by atoms with Gasteiger partial charge in [-0.15, -0.1) is 0 Å². The van der Waals surface area contributed by atoms with Crippen molar-refractivity contribution in [2.45, 2.75) is 53.2 Å². The van der Waals surface area contributed by atoms with E-state index in [0.29, 0.717) is 5.54 Å². The zero-order chi connectivity index (χ0) is 9.89. The fourth-order valence-corrected chi connectivity index (χ4v) is 2.44. The quantitative estimate of drug-likeness (QED) is 0.628. The summed E-state index contributed by atoms with van der Waals surface area (Å²) in [5, 5.41) is 0. The second-order valence-electron chi connectivity index (χ2n) is 4.65. The summed E-state index contributed by atoms with van der Waals surface area (Å²) in [5.74, 6) is 3.08. The van der Waals surface area contributed by atoms with Crippen LogP contribution in [0, 0.1) is 11.8 Å². The molecule has 0 amide bonds. The summed E-state index contributed by atoms with van der Waals surface area (Å²) < 4.78 is 0. The first kappa shape index (κ1) is 12.5. The summed E-state index contributed by atoms with van der Waals surface area (Å²) in [6.07, 6.45) is 0. The molecule has 2 atom stereocenters. The van der Waals surface area contributed by atoms with Crippen LogP contribution in [-0.2, 0) is 0 Å². The molecule has 0 aliphatic rings. The molecule has 0 aromatic rings. The van der Waals surface area contributed by atoms with Gasteiger partial charge in [0.25, 0.3) is 0 Å². The van der Waals surface area contributed by atoms with Crippen LogP contribution in [0.1, 0.15) is 41.5 Å². The molecule has 0 spiro atoms. The number of hydrogen-bond donors (Lipinski definition) is 0. The smallest absolute Gasteiger partial charge is 0.156 e.